The maximum absolute atomic E-state index is 15.4. The molecule has 7 heteroatoms. The number of benzene rings is 1. The summed E-state index contributed by atoms with van der Waals surface area (Å²) in [7, 11) is 0. The summed E-state index contributed by atoms with van der Waals surface area (Å²) in [5.74, 6) is 2.36. The number of hydrogen-bond donors (Lipinski definition) is 1. The third kappa shape index (κ3) is 4.57. The number of halogens is 1. The van der Waals surface area contributed by atoms with Crippen molar-refractivity contribution in [3.05, 3.63) is 39.4 Å². The second-order valence-corrected chi connectivity index (χ2v) is 10.3. The van der Waals surface area contributed by atoms with Crippen molar-refractivity contribution in [3.63, 3.8) is 0 Å². The molecular weight excluding hydrogens is 421 g/mol. The molecule has 2 aromatic rings. The van der Waals surface area contributed by atoms with Gasteiger partial charge < -0.3 is 19.5 Å². The van der Waals surface area contributed by atoms with Crippen LogP contribution in [-0.4, -0.2) is 35.4 Å². The molecule has 1 saturated carbocycles. The van der Waals surface area contributed by atoms with E-state index in [9.17, 15) is 9.59 Å². The predicted octanol–water partition coefficient (Wildman–Crippen LogP) is 4.50. The predicted molar refractivity (Wildman–Crippen MR) is 128 cm³/mol. The number of ether oxygens (including phenoxy) is 1. The summed E-state index contributed by atoms with van der Waals surface area (Å²) in [6.07, 6.45) is 7.89. The molecule has 1 aromatic carbocycles. The van der Waals surface area contributed by atoms with Crippen LogP contribution in [0.2, 0.25) is 0 Å². The maximum Gasteiger partial charge on any atom is 0.407 e. The third-order valence-corrected chi connectivity index (χ3v) is 6.56. The van der Waals surface area contributed by atoms with Gasteiger partial charge in [-0.25, -0.2) is 9.18 Å². The number of nitrogens with one attached hydrogen (secondary N) is 1. The molecule has 1 aliphatic heterocycles. The molecule has 0 unspecified atom stereocenters. The third-order valence-electron chi connectivity index (χ3n) is 6.56. The number of aryl methyl sites for hydroxylation is 1. The van der Waals surface area contributed by atoms with Crippen LogP contribution in [0, 0.1) is 31.0 Å². The number of aromatic nitrogens is 1. The van der Waals surface area contributed by atoms with Crippen LogP contribution in [0.4, 0.5) is 14.9 Å². The second-order valence-electron chi connectivity index (χ2n) is 10.3. The molecule has 2 fully saturated rings. The largest absolute Gasteiger partial charge is 0.444 e. The fourth-order valence-corrected chi connectivity index (χ4v) is 4.87. The molecule has 1 aromatic heterocycles. The van der Waals surface area contributed by atoms with Gasteiger partial charge in [0, 0.05) is 42.2 Å². The van der Waals surface area contributed by atoms with E-state index in [2.05, 4.69) is 11.2 Å². The number of alkyl carbamates (subject to hydrolysis) is 1. The van der Waals surface area contributed by atoms with Crippen molar-refractivity contribution in [2.45, 2.75) is 71.6 Å². The molecule has 1 amide bonds. The molecule has 0 spiro atoms. The van der Waals surface area contributed by atoms with Gasteiger partial charge in [0.05, 0.1) is 11.2 Å². The van der Waals surface area contributed by atoms with Crippen LogP contribution in [0.5, 0.6) is 0 Å². The van der Waals surface area contributed by atoms with Gasteiger partial charge in [-0.15, -0.1) is 6.42 Å². The van der Waals surface area contributed by atoms with Gasteiger partial charge in [-0.1, -0.05) is 5.92 Å². The topological polar surface area (TPSA) is 63.6 Å². The maximum atomic E-state index is 15.4. The number of rotatable bonds is 4. The molecule has 2 aliphatic rings. The number of amides is 1. The van der Waals surface area contributed by atoms with Crippen LogP contribution in [-0.2, 0) is 4.74 Å². The second kappa shape index (κ2) is 8.40. The average Bonchev–Trinajstić information content (AvgIpc) is 3.42. The zero-order chi connectivity index (χ0) is 24.1. The number of terminal acetylenes is 1. The van der Waals surface area contributed by atoms with Gasteiger partial charge in [-0.3, -0.25) is 4.79 Å². The van der Waals surface area contributed by atoms with Crippen molar-refractivity contribution in [1.82, 2.24) is 9.88 Å². The zero-order valence-corrected chi connectivity index (χ0v) is 20.0. The molecule has 33 heavy (non-hydrogen) atoms. The van der Waals surface area contributed by atoms with Crippen LogP contribution >= 0.6 is 0 Å². The van der Waals surface area contributed by atoms with E-state index in [1.54, 1.807) is 4.57 Å². The number of fused-ring (bicyclic) bond motifs is 1. The number of anilines is 1. The summed E-state index contributed by atoms with van der Waals surface area (Å²) in [6.45, 7) is 10.6. The Balaban J connectivity index is 1.64. The number of carbonyl (C=O) groups excluding carboxylic acids is 1. The Morgan fingerprint density at radius 1 is 1.30 bits per heavy atom. The molecule has 176 valence electrons. The number of nitrogens with zero attached hydrogens (tertiary/aromatic N) is 2. The SMILES string of the molecule is C#Cc1cc(=O)n(C2CC2)c2c(C)c(N3CC[C@@H]([C@H](C)NC(=O)OC(C)(C)C)C3)c(F)cc12. The van der Waals surface area contributed by atoms with Crippen molar-refractivity contribution >= 4 is 22.7 Å². The van der Waals surface area contributed by atoms with Gasteiger partial charge >= 0.3 is 6.09 Å². The number of pyridine rings is 1. The smallest absolute Gasteiger partial charge is 0.407 e. The normalized spacial score (nSPS) is 19.4. The van der Waals surface area contributed by atoms with E-state index in [0.29, 0.717) is 29.7 Å². The Kier molecular flexibility index (Phi) is 5.90. The molecule has 0 bridgehead atoms. The van der Waals surface area contributed by atoms with E-state index in [0.717, 1.165) is 30.3 Å². The molecule has 1 saturated heterocycles. The van der Waals surface area contributed by atoms with Gasteiger partial charge in [0.1, 0.15) is 11.4 Å². The highest BCUT2D eigenvalue weighted by Gasteiger charge is 2.33. The van der Waals surface area contributed by atoms with E-state index in [1.807, 2.05) is 39.5 Å². The fraction of sp³-hybridized carbons (Fsp3) is 0.538. The van der Waals surface area contributed by atoms with Crippen molar-refractivity contribution < 1.29 is 13.9 Å². The number of carbonyl (C=O) groups is 1. The van der Waals surface area contributed by atoms with E-state index in [-0.39, 0.29) is 29.4 Å². The Morgan fingerprint density at radius 2 is 2.00 bits per heavy atom. The van der Waals surface area contributed by atoms with Crippen molar-refractivity contribution in [2.75, 3.05) is 18.0 Å². The molecule has 2 heterocycles. The first-order valence-electron chi connectivity index (χ1n) is 11.6. The summed E-state index contributed by atoms with van der Waals surface area (Å²) < 4.78 is 22.6. The Bertz CT molecular complexity index is 1200. The minimum atomic E-state index is -0.564. The minimum absolute atomic E-state index is 0.119. The average molecular weight is 454 g/mol. The first-order valence-corrected chi connectivity index (χ1v) is 11.6. The van der Waals surface area contributed by atoms with Gasteiger partial charge in [0.2, 0.25) is 0 Å². The van der Waals surface area contributed by atoms with Crippen molar-refractivity contribution in [3.8, 4) is 12.3 Å². The summed E-state index contributed by atoms with van der Waals surface area (Å²) in [6, 6.07) is 2.94. The van der Waals surface area contributed by atoms with Crippen LogP contribution < -0.4 is 15.8 Å². The quantitative estimate of drug-likeness (QED) is 0.692. The molecule has 2 atom stereocenters. The lowest BCUT2D eigenvalue weighted by molar-refractivity contribution is 0.0494. The van der Waals surface area contributed by atoms with E-state index in [4.69, 9.17) is 11.2 Å². The molecule has 0 radical (unpaired) electrons. The van der Waals surface area contributed by atoms with Crippen LogP contribution in [0.15, 0.2) is 16.9 Å². The molecule has 1 N–H and O–H groups in total. The van der Waals surface area contributed by atoms with Gasteiger partial charge in [0.25, 0.3) is 5.56 Å². The van der Waals surface area contributed by atoms with Gasteiger partial charge in [-0.05, 0) is 71.4 Å². The molecule has 4 rings (SSSR count). The lowest BCUT2D eigenvalue weighted by Gasteiger charge is -2.27. The van der Waals surface area contributed by atoms with E-state index in [1.165, 1.54) is 12.1 Å². The Labute approximate surface area is 194 Å². The Hall–Kier alpha value is -3.01. The Morgan fingerprint density at radius 3 is 2.61 bits per heavy atom. The summed E-state index contributed by atoms with van der Waals surface area (Å²) in [5.41, 5.74) is 1.71. The summed E-state index contributed by atoms with van der Waals surface area (Å²) >= 11 is 0. The standard InChI is InChI=1S/C26H32FN3O3/c1-7-17-12-22(31)30(19-8-9-19)23-15(2)24(21(27)13-20(17)23)29-11-10-18(14-29)16(3)28-25(32)33-26(4,5)6/h1,12-13,16,18-19H,8-11,14H2,2-6H3,(H,28,32)/t16-,18+/m0/s1. The number of hydrogen-bond acceptors (Lipinski definition) is 4. The monoisotopic (exact) mass is 453 g/mol. The highest BCUT2D eigenvalue weighted by molar-refractivity contribution is 5.92. The fourth-order valence-electron chi connectivity index (χ4n) is 4.87. The van der Waals surface area contributed by atoms with E-state index >= 15 is 4.39 Å². The first kappa shape index (κ1) is 23.2. The highest BCUT2D eigenvalue weighted by Crippen LogP contribution is 2.40. The summed E-state index contributed by atoms with van der Waals surface area (Å²) in [5, 5.41) is 3.52. The van der Waals surface area contributed by atoms with Crippen molar-refractivity contribution in [1.29, 1.82) is 0 Å². The molecular formula is C26H32FN3O3. The lowest BCUT2D eigenvalue weighted by atomic mass is 10.0. The van der Waals surface area contributed by atoms with Gasteiger partial charge in [0.15, 0.2) is 0 Å². The van der Waals surface area contributed by atoms with E-state index < -0.39 is 11.7 Å². The molecule has 6 nitrogen and oxygen atoms in total. The highest BCUT2D eigenvalue weighted by atomic mass is 19.1. The lowest BCUT2D eigenvalue weighted by Crippen LogP contribution is -2.42. The summed E-state index contributed by atoms with van der Waals surface area (Å²) in [4.78, 5) is 27.0. The van der Waals surface area contributed by atoms with Crippen LogP contribution in [0.25, 0.3) is 10.9 Å². The first-order chi connectivity index (χ1) is 15.5. The van der Waals surface area contributed by atoms with Crippen LogP contribution in [0.3, 0.4) is 0 Å². The van der Waals surface area contributed by atoms with Crippen molar-refractivity contribution in [2.24, 2.45) is 5.92 Å². The van der Waals surface area contributed by atoms with Crippen LogP contribution in [0.1, 0.15) is 64.1 Å². The van der Waals surface area contributed by atoms with Gasteiger partial charge in [-0.2, -0.15) is 0 Å². The minimum Gasteiger partial charge on any atom is -0.444 e. The molecule has 1 aliphatic carbocycles. The zero-order valence-electron chi connectivity index (χ0n) is 20.0.